The van der Waals surface area contributed by atoms with Crippen molar-refractivity contribution in [1.82, 2.24) is 4.90 Å². The van der Waals surface area contributed by atoms with E-state index in [2.05, 4.69) is 6.58 Å². The number of hydrogen-bond acceptors (Lipinski definition) is 3. The van der Waals surface area contributed by atoms with Crippen LogP contribution in [0.3, 0.4) is 0 Å². The number of rotatable bonds is 3. The number of β-amino-alcohol motifs (C(OH)–C–C–N with tert-alkyl or cyclic N) is 1. The quantitative estimate of drug-likeness (QED) is 0.585. The van der Waals surface area contributed by atoms with Gasteiger partial charge in [0.05, 0.1) is 12.5 Å². The van der Waals surface area contributed by atoms with E-state index < -0.39 is 5.60 Å². The van der Waals surface area contributed by atoms with Crippen LogP contribution in [0.1, 0.15) is 6.42 Å². The van der Waals surface area contributed by atoms with Crippen LogP contribution in [0.2, 0.25) is 0 Å². The number of nitrogens with zero attached hydrogens (tertiary/aromatic N) is 2. The summed E-state index contributed by atoms with van der Waals surface area (Å²) in [4.78, 5) is 2.05. The molecule has 11 heavy (non-hydrogen) atoms. The van der Waals surface area contributed by atoms with Gasteiger partial charge in [-0.2, -0.15) is 5.26 Å². The molecule has 1 fully saturated rings. The van der Waals surface area contributed by atoms with Gasteiger partial charge in [-0.25, -0.2) is 0 Å². The average molecular weight is 152 g/mol. The summed E-state index contributed by atoms with van der Waals surface area (Å²) < 4.78 is 0. The maximum absolute atomic E-state index is 9.51. The molecule has 1 rings (SSSR count). The maximum atomic E-state index is 9.51. The Morgan fingerprint density at radius 2 is 2.36 bits per heavy atom. The SMILES string of the molecule is C=CCN1CC(O)(CC#N)C1. The number of likely N-dealkylation sites (tertiary alicyclic amines) is 1. The fourth-order valence-corrected chi connectivity index (χ4v) is 1.36. The van der Waals surface area contributed by atoms with Crippen LogP contribution in [0.4, 0.5) is 0 Å². The van der Waals surface area contributed by atoms with E-state index in [-0.39, 0.29) is 6.42 Å². The molecule has 0 saturated carbocycles. The molecule has 1 aliphatic rings. The summed E-state index contributed by atoms with van der Waals surface area (Å²) in [7, 11) is 0. The first kappa shape index (κ1) is 8.25. The average Bonchev–Trinajstić information content (AvgIpc) is 1.85. The Balaban J connectivity index is 2.27. The van der Waals surface area contributed by atoms with Gasteiger partial charge in [0, 0.05) is 19.6 Å². The minimum absolute atomic E-state index is 0.237. The van der Waals surface area contributed by atoms with Gasteiger partial charge in [0.1, 0.15) is 5.60 Å². The molecule has 1 saturated heterocycles. The largest absolute Gasteiger partial charge is 0.386 e. The molecule has 0 amide bonds. The number of hydrogen-bond donors (Lipinski definition) is 1. The van der Waals surface area contributed by atoms with E-state index in [1.54, 1.807) is 6.08 Å². The topological polar surface area (TPSA) is 47.3 Å². The smallest absolute Gasteiger partial charge is 0.103 e. The molecule has 0 aliphatic carbocycles. The first-order chi connectivity index (χ1) is 5.20. The molecular formula is C8H12N2O. The monoisotopic (exact) mass is 152 g/mol. The van der Waals surface area contributed by atoms with Crippen molar-refractivity contribution in [2.45, 2.75) is 12.0 Å². The molecule has 0 unspecified atom stereocenters. The molecule has 1 heterocycles. The Bertz CT molecular complexity index is 189. The van der Waals surface area contributed by atoms with Gasteiger partial charge >= 0.3 is 0 Å². The lowest BCUT2D eigenvalue weighted by Crippen LogP contribution is -2.61. The highest BCUT2D eigenvalue weighted by atomic mass is 16.3. The molecule has 0 spiro atoms. The summed E-state index contributed by atoms with van der Waals surface area (Å²) in [5.74, 6) is 0. The second-order valence-corrected chi connectivity index (χ2v) is 3.02. The maximum Gasteiger partial charge on any atom is 0.103 e. The number of aliphatic hydroxyl groups is 1. The van der Waals surface area contributed by atoms with Crippen molar-refractivity contribution in [1.29, 1.82) is 5.26 Å². The fraction of sp³-hybridized carbons (Fsp3) is 0.625. The highest BCUT2D eigenvalue weighted by molar-refractivity contribution is 5.02. The first-order valence-electron chi connectivity index (χ1n) is 3.63. The first-order valence-corrected chi connectivity index (χ1v) is 3.63. The predicted octanol–water partition coefficient (Wildman–Crippen LogP) is 0.133. The summed E-state index contributed by atoms with van der Waals surface area (Å²) in [5, 5.41) is 17.8. The van der Waals surface area contributed by atoms with Crippen LogP contribution in [-0.4, -0.2) is 35.2 Å². The molecule has 0 atom stereocenters. The minimum atomic E-state index is -0.738. The second kappa shape index (κ2) is 3.04. The summed E-state index contributed by atoms with van der Waals surface area (Å²) >= 11 is 0. The zero-order valence-corrected chi connectivity index (χ0v) is 6.45. The Morgan fingerprint density at radius 3 is 2.82 bits per heavy atom. The molecule has 3 heteroatoms. The van der Waals surface area contributed by atoms with E-state index in [9.17, 15) is 5.11 Å². The van der Waals surface area contributed by atoms with Crippen molar-refractivity contribution in [3.63, 3.8) is 0 Å². The van der Waals surface area contributed by atoms with Gasteiger partial charge in [0.2, 0.25) is 0 Å². The molecule has 0 bridgehead atoms. The van der Waals surface area contributed by atoms with Gasteiger partial charge < -0.3 is 5.11 Å². The Labute approximate surface area is 66.5 Å². The summed E-state index contributed by atoms with van der Waals surface area (Å²) in [6.07, 6.45) is 2.03. The third kappa shape index (κ3) is 1.79. The van der Waals surface area contributed by atoms with E-state index in [0.29, 0.717) is 13.1 Å². The fourth-order valence-electron chi connectivity index (χ4n) is 1.36. The van der Waals surface area contributed by atoms with Crippen molar-refractivity contribution in [2.24, 2.45) is 0 Å². The highest BCUT2D eigenvalue weighted by Crippen LogP contribution is 2.23. The molecular weight excluding hydrogens is 140 g/mol. The standard InChI is InChI=1S/C8H12N2O/c1-2-5-10-6-8(11,7-10)3-4-9/h2,11H,1,3,5-7H2. The normalized spacial score (nSPS) is 21.8. The van der Waals surface area contributed by atoms with E-state index in [1.807, 2.05) is 11.0 Å². The molecule has 0 aromatic heterocycles. The van der Waals surface area contributed by atoms with Crippen LogP contribution in [-0.2, 0) is 0 Å². The molecule has 1 N–H and O–H groups in total. The minimum Gasteiger partial charge on any atom is -0.386 e. The van der Waals surface area contributed by atoms with E-state index in [1.165, 1.54) is 0 Å². The van der Waals surface area contributed by atoms with Gasteiger partial charge in [0.25, 0.3) is 0 Å². The van der Waals surface area contributed by atoms with Gasteiger partial charge in [0.15, 0.2) is 0 Å². The van der Waals surface area contributed by atoms with Crippen LogP contribution in [0.25, 0.3) is 0 Å². The lowest BCUT2D eigenvalue weighted by atomic mass is 9.91. The van der Waals surface area contributed by atoms with Crippen molar-refractivity contribution < 1.29 is 5.11 Å². The Morgan fingerprint density at radius 1 is 1.73 bits per heavy atom. The third-order valence-electron chi connectivity index (χ3n) is 1.83. The van der Waals surface area contributed by atoms with Crippen molar-refractivity contribution in [2.75, 3.05) is 19.6 Å². The summed E-state index contributed by atoms with van der Waals surface area (Å²) in [5.41, 5.74) is -0.738. The molecule has 1 aliphatic heterocycles. The molecule has 0 aromatic carbocycles. The second-order valence-electron chi connectivity index (χ2n) is 3.02. The lowest BCUT2D eigenvalue weighted by molar-refractivity contribution is -0.0884. The predicted molar refractivity (Wildman–Crippen MR) is 41.8 cm³/mol. The van der Waals surface area contributed by atoms with Crippen molar-refractivity contribution in [3.05, 3.63) is 12.7 Å². The Hall–Kier alpha value is -0.850. The molecule has 3 nitrogen and oxygen atoms in total. The van der Waals surface area contributed by atoms with Crippen LogP contribution in [0, 0.1) is 11.3 Å². The van der Waals surface area contributed by atoms with Gasteiger partial charge in [-0.05, 0) is 0 Å². The molecule has 60 valence electrons. The lowest BCUT2D eigenvalue weighted by Gasteiger charge is -2.44. The van der Waals surface area contributed by atoms with Gasteiger partial charge in [-0.15, -0.1) is 6.58 Å². The zero-order valence-electron chi connectivity index (χ0n) is 6.45. The van der Waals surface area contributed by atoms with Crippen molar-refractivity contribution in [3.8, 4) is 6.07 Å². The van der Waals surface area contributed by atoms with E-state index >= 15 is 0 Å². The summed E-state index contributed by atoms with van der Waals surface area (Å²) in [6.45, 7) is 5.59. The molecule has 0 aromatic rings. The van der Waals surface area contributed by atoms with Gasteiger partial charge in [-0.3, -0.25) is 4.90 Å². The Kier molecular flexibility index (Phi) is 2.28. The highest BCUT2D eigenvalue weighted by Gasteiger charge is 2.39. The zero-order chi connectivity index (χ0) is 8.32. The van der Waals surface area contributed by atoms with Crippen LogP contribution in [0.5, 0.6) is 0 Å². The van der Waals surface area contributed by atoms with Crippen LogP contribution in [0.15, 0.2) is 12.7 Å². The van der Waals surface area contributed by atoms with Crippen molar-refractivity contribution >= 4 is 0 Å². The van der Waals surface area contributed by atoms with Crippen LogP contribution < -0.4 is 0 Å². The van der Waals surface area contributed by atoms with Crippen LogP contribution >= 0.6 is 0 Å². The van der Waals surface area contributed by atoms with E-state index in [4.69, 9.17) is 5.26 Å². The third-order valence-corrected chi connectivity index (χ3v) is 1.83. The molecule has 0 radical (unpaired) electrons. The van der Waals surface area contributed by atoms with Gasteiger partial charge in [-0.1, -0.05) is 6.08 Å². The summed E-state index contributed by atoms with van der Waals surface area (Å²) in [6, 6.07) is 1.97. The number of nitriles is 1. The van der Waals surface area contributed by atoms with E-state index in [0.717, 1.165) is 6.54 Å².